The van der Waals surface area contributed by atoms with Crippen LogP contribution in [-0.4, -0.2) is 40.9 Å². The number of ether oxygens (including phenoxy) is 3. The van der Waals surface area contributed by atoms with E-state index < -0.39 is 5.97 Å². The highest BCUT2D eigenvalue weighted by Crippen LogP contribution is 2.25. The predicted molar refractivity (Wildman–Crippen MR) is 82.0 cm³/mol. The van der Waals surface area contributed by atoms with Gasteiger partial charge >= 0.3 is 5.97 Å². The molecule has 0 aliphatic carbocycles. The van der Waals surface area contributed by atoms with Crippen molar-refractivity contribution in [2.45, 2.75) is 32.5 Å². The summed E-state index contributed by atoms with van der Waals surface area (Å²) in [6.45, 7) is 2.78. The average molecular weight is 317 g/mol. The van der Waals surface area contributed by atoms with E-state index in [0.29, 0.717) is 12.3 Å². The fourth-order valence-corrected chi connectivity index (χ4v) is 2.42. The molecule has 1 fully saturated rings. The first kappa shape index (κ1) is 15.5. The maximum absolute atomic E-state index is 11.8. The van der Waals surface area contributed by atoms with Gasteiger partial charge in [0.2, 0.25) is 0 Å². The first-order valence-electron chi connectivity index (χ1n) is 7.74. The number of nitrogens with zero attached hydrogens (tertiary/aromatic N) is 2. The first-order valence-corrected chi connectivity index (χ1v) is 7.74. The highest BCUT2D eigenvalue weighted by molar-refractivity contribution is 5.93. The number of aromatic nitrogens is 3. The topological polar surface area (TPSA) is 86.3 Å². The van der Waals surface area contributed by atoms with Crippen LogP contribution in [0.4, 0.5) is 0 Å². The normalized spacial score (nSPS) is 17.7. The molecule has 1 saturated heterocycles. The average Bonchev–Trinajstić information content (AvgIpc) is 3.06. The van der Waals surface area contributed by atoms with Crippen LogP contribution in [-0.2, 0) is 9.47 Å². The maximum Gasteiger partial charge on any atom is 0.361 e. The summed E-state index contributed by atoms with van der Waals surface area (Å²) in [6, 6.07) is 7.32. The van der Waals surface area contributed by atoms with Gasteiger partial charge in [0, 0.05) is 12.0 Å². The van der Waals surface area contributed by atoms with Crippen LogP contribution in [0.25, 0.3) is 11.3 Å². The van der Waals surface area contributed by atoms with E-state index in [0.717, 1.165) is 37.2 Å². The Morgan fingerprint density at radius 3 is 2.83 bits per heavy atom. The third-order valence-electron chi connectivity index (χ3n) is 3.55. The number of aromatic amines is 1. The zero-order valence-electron chi connectivity index (χ0n) is 12.9. The van der Waals surface area contributed by atoms with Gasteiger partial charge in [-0.05, 0) is 44.0 Å². The molecule has 1 aliphatic rings. The first-order chi connectivity index (χ1) is 11.3. The largest absolute Gasteiger partial charge is 0.465 e. The van der Waals surface area contributed by atoms with Crippen molar-refractivity contribution < 1.29 is 19.0 Å². The van der Waals surface area contributed by atoms with Crippen molar-refractivity contribution in [3.05, 3.63) is 30.0 Å². The molecule has 1 atom stereocenters. The maximum atomic E-state index is 11.8. The highest BCUT2D eigenvalue weighted by atomic mass is 16.7. The van der Waals surface area contributed by atoms with Gasteiger partial charge < -0.3 is 14.2 Å². The Bertz CT molecular complexity index is 648. The molecule has 1 unspecified atom stereocenters. The minimum atomic E-state index is -0.493. The van der Waals surface area contributed by atoms with Gasteiger partial charge in [-0.2, -0.15) is 10.3 Å². The van der Waals surface area contributed by atoms with Crippen molar-refractivity contribution in [3.63, 3.8) is 0 Å². The molecule has 0 spiro atoms. The molecule has 1 aromatic heterocycles. The monoisotopic (exact) mass is 317 g/mol. The number of hydrogen-bond acceptors (Lipinski definition) is 6. The number of carbonyl (C=O) groups is 1. The second-order valence-corrected chi connectivity index (χ2v) is 5.18. The minimum absolute atomic E-state index is 0.177. The molecule has 1 aliphatic heterocycles. The van der Waals surface area contributed by atoms with Gasteiger partial charge in [0.25, 0.3) is 0 Å². The zero-order valence-corrected chi connectivity index (χ0v) is 12.9. The highest BCUT2D eigenvalue weighted by Gasteiger charge is 2.19. The predicted octanol–water partition coefficient (Wildman–Crippen LogP) is 2.55. The summed E-state index contributed by atoms with van der Waals surface area (Å²) < 4.78 is 16.3. The second kappa shape index (κ2) is 7.23. The standard InChI is InChI=1S/C16H19N3O4/c1-2-21-16(20)15-14(17-19-18-15)11-6-8-12(9-7-11)23-13-5-3-4-10-22-13/h6-9,13H,2-5,10H2,1H3,(H,17,18,19). The van der Waals surface area contributed by atoms with Crippen molar-refractivity contribution in [1.82, 2.24) is 15.4 Å². The van der Waals surface area contributed by atoms with E-state index in [1.165, 1.54) is 0 Å². The fraction of sp³-hybridized carbons (Fsp3) is 0.438. The summed E-state index contributed by atoms with van der Waals surface area (Å²) >= 11 is 0. The summed E-state index contributed by atoms with van der Waals surface area (Å²) in [4.78, 5) is 11.8. The molecule has 0 radical (unpaired) electrons. The number of esters is 1. The number of benzene rings is 1. The molecule has 0 amide bonds. The molecule has 0 bridgehead atoms. The SMILES string of the molecule is CCOC(=O)c1n[nH]nc1-c1ccc(OC2CCCCO2)cc1. The summed E-state index contributed by atoms with van der Waals surface area (Å²) in [7, 11) is 0. The molecule has 2 heterocycles. The Morgan fingerprint density at radius 2 is 2.13 bits per heavy atom. The molecule has 1 N–H and O–H groups in total. The lowest BCUT2D eigenvalue weighted by Gasteiger charge is -2.23. The van der Waals surface area contributed by atoms with E-state index in [9.17, 15) is 4.79 Å². The summed E-state index contributed by atoms with van der Waals surface area (Å²) in [5, 5.41) is 10.4. The smallest absolute Gasteiger partial charge is 0.361 e. The molecule has 7 nitrogen and oxygen atoms in total. The number of hydrogen-bond donors (Lipinski definition) is 1. The van der Waals surface area contributed by atoms with Crippen LogP contribution >= 0.6 is 0 Å². The van der Waals surface area contributed by atoms with Crippen LogP contribution in [0, 0.1) is 0 Å². The van der Waals surface area contributed by atoms with Crippen molar-refractivity contribution in [2.75, 3.05) is 13.2 Å². The Hall–Kier alpha value is -2.41. The van der Waals surface area contributed by atoms with E-state index in [-0.39, 0.29) is 12.0 Å². The molecule has 3 rings (SSSR count). The van der Waals surface area contributed by atoms with Gasteiger partial charge in [-0.15, -0.1) is 5.10 Å². The van der Waals surface area contributed by atoms with Crippen LogP contribution in [0.15, 0.2) is 24.3 Å². The molecule has 23 heavy (non-hydrogen) atoms. The van der Waals surface area contributed by atoms with Gasteiger partial charge in [-0.25, -0.2) is 4.79 Å². The van der Waals surface area contributed by atoms with Crippen molar-refractivity contribution in [2.24, 2.45) is 0 Å². The second-order valence-electron chi connectivity index (χ2n) is 5.18. The van der Waals surface area contributed by atoms with E-state index in [4.69, 9.17) is 14.2 Å². The van der Waals surface area contributed by atoms with E-state index in [1.807, 2.05) is 24.3 Å². The van der Waals surface area contributed by atoms with Crippen molar-refractivity contribution in [1.29, 1.82) is 0 Å². The third kappa shape index (κ3) is 3.68. The Labute approximate surface area is 133 Å². The van der Waals surface area contributed by atoms with Crippen LogP contribution in [0.1, 0.15) is 36.7 Å². The van der Waals surface area contributed by atoms with Crippen molar-refractivity contribution >= 4 is 5.97 Å². The molecular formula is C16H19N3O4. The van der Waals surface area contributed by atoms with E-state index >= 15 is 0 Å². The Balaban J connectivity index is 1.72. The van der Waals surface area contributed by atoms with Crippen LogP contribution in [0.2, 0.25) is 0 Å². The molecule has 1 aromatic carbocycles. The lowest BCUT2D eigenvalue weighted by Crippen LogP contribution is -2.24. The van der Waals surface area contributed by atoms with E-state index in [1.54, 1.807) is 6.92 Å². The van der Waals surface area contributed by atoms with Gasteiger partial charge in [0.05, 0.1) is 13.2 Å². The zero-order chi connectivity index (χ0) is 16.1. The van der Waals surface area contributed by atoms with Crippen LogP contribution in [0.3, 0.4) is 0 Å². The Morgan fingerprint density at radius 1 is 1.30 bits per heavy atom. The summed E-state index contributed by atoms with van der Waals surface area (Å²) in [5.41, 5.74) is 1.40. The molecular weight excluding hydrogens is 298 g/mol. The van der Waals surface area contributed by atoms with Crippen LogP contribution < -0.4 is 4.74 Å². The number of rotatable bonds is 5. The number of carbonyl (C=O) groups excluding carboxylic acids is 1. The third-order valence-corrected chi connectivity index (χ3v) is 3.55. The minimum Gasteiger partial charge on any atom is -0.465 e. The lowest BCUT2D eigenvalue weighted by atomic mass is 10.1. The molecule has 122 valence electrons. The van der Waals surface area contributed by atoms with Gasteiger partial charge in [-0.3, -0.25) is 0 Å². The Kier molecular flexibility index (Phi) is 4.87. The van der Waals surface area contributed by atoms with E-state index in [2.05, 4.69) is 15.4 Å². The van der Waals surface area contributed by atoms with Gasteiger partial charge in [0.1, 0.15) is 11.4 Å². The summed E-state index contributed by atoms with van der Waals surface area (Å²) in [6.07, 6.45) is 2.92. The summed E-state index contributed by atoms with van der Waals surface area (Å²) in [5.74, 6) is 0.231. The number of H-pyrrole nitrogens is 1. The molecule has 0 saturated carbocycles. The molecule has 2 aromatic rings. The fourth-order valence-electron chi connectivity index (χ4n) is 2.42. The van der Waals surface area contributed by atoms with Gasteiger partial charge in [-0.1, -0.05) is 0 Å². The quantitative estimate of drug-likeness (QED) is 0.853. The van der Waals surface area contributed by atoms with Crippen LogP contribution in [0.5, 0.6) is 5.75 Å². The lowest BCUT2D eigenvalue weighted by molar-refractivity contribution is -0.105. The van der Waals surface area contributed by atoms with Gasteiger partial charge in [0.15, 0.2) is 12.0 Å². The molecule has 7 heteroatoms. The van der Waals surface area contributed by atoms with Crippen molar-refractivity contribution in [3.8, 4) is 17.0 Å². The number of nitrogens with one attached hydrogen (secondary N) is 1.